The quantitative estimate of drug-likeness (QED) is 0.743. The number of rotatable bonds is 4. The highest BCUT2D eigenvalue weighted by Crippen LogP contribution is 2.30. The first kappa shape index (κ1) is 17.4. The van der Waals surface area contributed by atoms with Crippen LogP contribution in [0.15, 0.2) is 35.6 Å². The van der Waals surface area contributed by atoms with Crippen LogP contribution in [0.2, 0.25) is 0 Å². The maximum absolute atomic E-state index is 12.6. The van der Waals surface area contributed by atoms with E-state index in [1.807, 2.05) is 24.5 Å². The van der Waals surface area contributed by atoms with E-state index in [2.05, 4.69) is 37.4 Å². The zero-order chi connectivity index (χ0) is 17.9. The van der Waals surface area contributed by atoms with Crippen LogP contribution in [0.25, 0.3) is 11.0 Å². The first-order valence-corrected chi connectivity index (χ1v) is 9.93. The molecule has 0 saturated carbocycles. The number of likely N-dealkylation sites (N-methyl/N-ethyl adjacent to an activating group) is 1. The number of carbonyl (C=O) groups excluding carboxylic acids is 1. The van der Waals surface area contributed by atoms with Crippen LogP contribution in [0, 0.1) is 0 Å². The minimum Gasteiger partial charge on any atom is -0.350 e. The van der Waals surface area contributed by atoms with Crippen molar-refractivity contribution in [3.63, 3.8) is 0 Å². The summed E-state index contributed by atoms with van der Waals surface area (Å²) >= 11 is 1.62. The van der Waals surface area contributed by atoms with Crippen LogP contribution in [-0.4, -0.2) is 72.3 Å². The van der Waals surface area contributed by atoms with Gasteiger partial charge in [0.1, 0.15) is 5.65 Å². The van der Waals surface area contributed by atoms with Gasteiger partial charge in [0.05, 0.1) is 10.6 Å². The number of piperazine rings is 1. The highest BCUT2D eigenvalue weighted by molar-refractivity contribution is 8.04. The fraction of sp³-hybridized carbons (Fsp3) is 0.444. The number of aromatic nitrogens is 2. The molecule has 0 aliphatic carbocycles. The number of anilines is 1. The molecule has 2 aromatic heterocycles. The number of aromatic amines is 1. The van der Waals surface area contributed by atoms with Crippen molar-refractivity contribution in [3.8, 4) is 0 Å². The van der Waals surface area contributed by atoms with Crippen LogP contribution in [0.5, 0.6) is 0 Å². The van der Waals surface area contributed by atoms with Gasteiger partial charge in [-0.1, -0.05) is 0 Å². The number of amides is 1. The van der Waals surface area contributed by atoms with E-state index in [9.17, 15) is 4.79 Å². The topological polar surface area (TPSA) is 76.3 Å². The summed E-state index contributed by atoms with van der Waals surface area (Å²) in [6, 6.07) is 4.33. The number of thioether (sulfide) groups is 1. The van der Waals surface area contributed by atoms with Gasteiger partial charge in [0.25, 0.3) is 5.91 Å². The summed E-state index contributed by atoms with van der Waals surface area (Å²) in [4.78, 5) is 25.3. The summed E-state index contributed by atoms with van der Waals surface area (Å²) in [6.07, 6.45) is 5.66. The Kier molecular flexibility index (Phi) is 5.14. The number of hydrogen-bond donors (Lipinski definition) is 3. The van der Waals surface area contributed by atoms with Gasteiger partial charge in [0.2, 0.25) is 0 Å². The molecule has 1 saturated heterocycles. The van der Waals surface area contributed by atoms with E-state index < -0.39 is 0 Å². The maximum Gasteiger partial charge on any atom is 0.259 e. The van der Waals surface area contributed by atoms with E-state index in [0.717, 1.165) is 53.6 Å². The molecular formula is C18H24N6OS. The van der Waals surface area contributed by atoms with Gasteiger partial charge in [0.15, 0.2) is 0 Å². The van der Waals surface area contributed by atoms with Gasteiger partial charge in [-0.2, -0.15) is 0 Å². The molecule has 1 fully saturated rings. The molecule has 2 aliphatic heterocycles. The second-order valence-corrected chi connectivity index (χ2v) is 7.87. The van der Waals surface area contributed by atoms with Gasteiger partial charge in [-0.15, -0.1) is 11.8 Å². The normalized spacial score (nSPS) is 21.7. The first-order valence-electron chi connectivity index (χ1n) is 8.94. The molecule has 1 atom stereocenters. The lowest BCUT2D eigenvalue weighted by Gasteiger charge is -2.31. The van der Waals surface area contributed by atoms with E-state index in [4.69, 9.17) is 0 Å². The fourth-order valence-corrected chi connectivity index (χ4v) is 4.35. The number of pyridine rings is 1. The Hall–Kier alpha value is -2.03. The number of carbonyl (C=O) groups is 1. The largest absolute Gasteiger partial charge is 0.350 e. The van der Waals surface area contributed by atoms with Crippen LogP contribution in [-0.2, 0) is 4.79 Å². The highest BCUT2D eigenvalue weighted by Gasteiger charge is 2.21. The molecule has 0 spiro atoms. The van der Waals surface area contributed by atoms with Crippen LogP contribution < -0.4 is 15.5 Å². The van der Waals surface area contributed by atoms with Crippen molar-refractivity contribution >= 4 is 34.4 Å². The van der Waals surface area contributed by atoms with Crippen LogP contribution in [0.4, 0.5) is 5.69 Å². The van der Waals surface area contributed by atoms with E-state index >= 15 is 0 Å². The van der Waals surface area contributed by atoms with Gasteiger partial charge in [0, 0.05) is 68.5 Å². The van der Waals surface area contributed by atoms with E-state index in [1.54, 1.807) is 18.0 Å². The van der Waals surface area contributed by atoms with E-state index in [-0.39, 0.29) is 5.91 Å². The number of fused-ring (bicyclic) bond motifs is 1. The molecule has 2 aromatic rings. The van der Waals surface area contributed by atoms with Gasteiger partial charge < -0.3 is 25.4 Å². The monoisotopic (exact) mass is 372 g/mol. The fourth-order valence-electron chi connectivity index (χ4n) is 3.44. The molecule has 26 heavy (non-hydrogen) atoms. The minimum atomic E-state index is 0.00842. The Labute approximate surface area is 157 Å². The zero-order valence-electron chi connectivity index (χ0n) is 14.9. The maximum atomic E-state index is 12.6. The summed E-state index contributed by atoms with van der Waals surface area (Å²) < 4.78 is 0. The summed E-state index contributed by atoms with van der Waals surface area (Å²) in [5, 5.41) is 7.61. The number of nitrogens with zero attached hydrogens (tertiary/aromatic N) is 3. The molecule has 7 nitrogen and oxygen atoms in total. The molecule has 0 aromatic carbocycles. The van der Waals surface area contributed by atoms with Crippen molar-refractivity contribution in [1.82, 2.24) is 25.5 Å². The SMILES string of the molecule is CN1CCNC(CNC(=O)C2=CN(c3ccnc4[nH]ccc34)CCS2)C1. The summed E-state index contributed by atoms with van der Waals surface area (Å²) in [6.45, 7) is 4.51. The standard InChI is InChI=1S/C18H24N6OS/c1-23-7-6-19-13(11-23)10-22-18(25)16-12-24(8-9-26-16)15-3-5-21-17-14(15)2-4-20-17/h2-5,12-13,19H,6-11H2,1H3,(H,20,21)(H,22,25). The minimum absolute atomic E-state index is 0.00842. The third kappa shape index (κ3) is 3.72. The average Bonchev–Trinajstić information content (AvgIpc) is 3.15. The number of nitrogens with one attached hydrogen (secondary N) is 3. The Bertz CT molecular complexity index is 819. The Morgan fingerprint density at radius 1 is 1.42 bits per heavy atom. The number of hydrogen-bond acceptors (Lipinski definition) is 6. The van der Waals surface area contributed by atoms with Crippen molar-refractivity contribution in [2.45, 2.75) is 6.04 Å². The lowest BCUT2D eigenvalue weighted by molar-refractivity contribution is -0.117. The predicted molar refractivity (Wildman–Crippen MR) is 106 cm³/mol. The third-order valence-electron chi connectivity index (χ3n) is 4.80. The molecule has 1 amide bonds. The Morgan fingerprint density at radius 3 is 3.23 bits per heavy atom. The van der Waals surface area contributed by atoms with Crippen molar-refractivity contribution in [3.05, 3.63) is 35.6 Å². The van der Waals surface area contributed by atoms with Crippen LogP contribution in [0.1, 0.15) is 0 Å². The second kappa shape index (κ2) is 7.69. The third-order valence-corrected chi connectivity index (χ3v) is 5.79. The highest BCUT2D eigenvalue weighted by atomic mass is 32.2. The average molecular weight is 372 g/mol. The van der Waals surface area contributed by atoms with Gasteiger partial charge in [-0.25, -0.2) is 4.98 Å². The molecule has 4 rings (SSSR count). The molecule has 3 N–H and O–H groups in total. The van der Waals surface area contributed by atoms with E-state index in [0.29, 0.717) is 12.6 Å². The van der Waals surface area contributed by atoms with Crippen molar-refractivity contribution < 1.29 is 4.79 Å². The van der Waals surface area contributed by atoms with Crippen LogP contribution >= 0.6 is 11.8 Å². The zero-order valence-corrected chi connectivity index (χ0v) is 15.7. The van der Waals surface area contributed by atoms with Crippen molar-refractivity contribution in [2.75, 3.05) is 50.4 Å². The molecule has 0 radical (unpaired) electrons. The molecule has 4 heterocycles. The number of H-pyrrole nitrogens is 1. The molecule has 2 aliphatic rings. The Morgan fingerprint density at radius 2 is 2.35 bits per heavy atom. The lowest BCUT2D eigenvalue weighted by atomic mass is 10.2. The lowest BCUT2D eigenvalue weighted by Crippen LogP contribution is -2.53. The first-order chi connectivity index (χ1) is 12.7. The predicted octanol–water partition coefficient (Wildman–Crippen LogP) is 0.977. The van der Waals surface area contributed by atoms with E-state index in [1.165, 1.54) is 0 Å². The van der Waals surface area contributed by atoms with Gasteiger partial charge in [-0.05, 0) is 19.2 Å². The smallest absolute Gasteiger partial charge is 0.259 e. The Balaban J connectivity index is 1.44. The molecular weight excluding hydrogens is 348 g/mol. The summed E-state index contributed by atoms with van der Waals surface area (Å²) in [5.74, 6) is 0.895. The molecule has 8 heteroatoms. The second-order valence-electron chi connectivity index (χ2n) is 6.73. The molecule has 1 unspecified atom stereocenters. The van der Waals surface area contributed by atoms with Gasteiger partial charge >= 0.3 is 0 Å². The summed E-state index contributed by atoms with van der Waals surface area (Å²) in [7, 11) is 2.11. The molecule has 138 valence electrons. The summed E-state index contributed by atoms with van der Waals surface area (Å²) in [5.41, 5.74) is 1.95. The van der Waals surface area contributed by atoms with Crippen molar-refractivity contribution in [2.24, 2.45) is 0 Å². The molecule has 0 bridgehead atoms. The van der Waals surface area contributed by atoms with Gasteiger partial charge in [-0.3, -0.25) is 4.79 Å². The van der Waals surface area contributed by atoms with Crippen molar-refractivity contribution in [1.29, 1.82) is 0 Å². The van der Waals surface area contributed by atoms with Crippen LogP contribution in [0.3, 0.4) is 0 Å².